The molecule has 0 amide bonds. The zero-order chi connectivity index (χ0) is 19.5. The van der Waals surface area contributed by atoms with Gasteiger partial charge in [-0.25, -0.2) is 0 Å². The molecule has 2 fully saturated rings. The third-order valence-electron chi connectivity index (χ3n) is 7.98. The van der Waals surface area contributed by atoms with Gasteiger partial charge < -0.3 is 14.9 Å². The van der Waals surface area contributed by atoms with E-state index in [1.807, 2.05) is 6.07 Å². The fourth-order valence-corrected chi connectivity index (χ4v) is 6.23. The van der Waals surface area contributed by atoms with E-state index in [1.165, 1.54) is 24.8 Å². The molecule has 6 heteroatoms. The molecule has 2 aliphatic heterocycles. The highest BCUT2D eigenvalue weighted by Crippen LogP contribution is 2.60. The van der Waals surface area contributed by atoms with Crippen LogP contribution in [0.25, 0.3) is 0 Å². The summed E-state index contributed by atoms with van der Waals surface area (Å²) in [7, 11) is 0. The first-order valence-corrected chi connectivity index (χ1v) is 10.8. The van der Waals surface area contributed by atoms with Gasteiger partial charge in [-0.05, 0) is 74.7 Å². The molecule has 5 rings (SSSR count). The van der Waals surface area contributed by atoms with Crippen molar-refractivity contribution in [3.8, 4) is 5.75 Å². The summed E-state index contributed by atoms with van der Waals surface area (Å²) in [5, 5.41) is 25.3. The lowest BCUT2D eigenvalue weighted by atomic mass is 9.54. The molecule has 0 aromatic heterocycles. The van der Waals surface area contributed by atoms with E-state index in [9.17, 15) is 15.1 Å². The Kier molecular flexibility index (Phi) is 4.30. The fraction of sp³-hybridized carbons (Fsp3) is 0.727. The van der Waals surface area contributed by atoms with Crippen LogP contribution in [0, 0.1) is 10.8 Å². The van der Waals surface area contributed by atoms with Crippen molar-refractivity contribution in [3.63, 3.8) is 0 Å². The summed E-state index contributed by atoms with van der Waals surface area (Å²) in [6.07, 6.45) is 6.12. The van der Waals surface area contributed by atoms with E-state index in [1.54, 1.807) is 13.0 Å². The van der Waals surface area contributed by atoms with Crippen molar-refractivity contribution in [3.05, 3.63) is 28.2 Å². The molecule has 1 aromatic rings. The normalized spacial score (nSPS) is 35.0. The first-order chi connectivity index (χ1) is 13.5. The van der Waals surface area contributed by atoms with Crippen LogP contribution in [0.15, 0.2) is 17.3 Å². The maximum atomic E-state index is 12.2. The molecule has 4 atom stereocenters. The Morgan fingerprint density at radius 1 is 1.39 bits per heavy atom. The summed E-state index contributed by atoms with van der Waals surface area (Å²) in [5.74, 6) is 1.32. The zero-order valence-electron chi connectivity index (χ0n) is 16.6. The summed E-state index contributed by atoms with van der Waals surface area (Å²) in [4.78, 5) is 13.8. The third kappa shape index (κ3) is 2.44. The molecule has 1 spiro atoms. The molecule has 2 bridgehead atoms. The maximum absolute atomic E-state index is 12.2. The van der Waals surface area contributed by atoms with Gasteiger partial charge in [-0.1, -0.05) is 12.5 Å². The molecular weight excluding hydrogens is 356 g/mol. The third-order valence-corrected chi connectivity index (χ3v) is 7.98. The molecule has 152 valence electrons. The Labute approximate surface area is 165 Å². The predicted molar refractivity (Wildman–Crippen MR) is 106 cm³/mol. The van der Waals surface area contributed by atoms with Crippen molar-refractivity contribution in [1.82, 2.24) is 4.90 Å². The van der Waals surface area contributed by atoms with E-state index < -0.39 is 17.1 Å². The van der Waals surface area contributed by atoms with Crippen molar-refractivity contribution >= 4 is 5.69 Å². The van der Waals surface area contributed by atoms with E-state index in [0.717, 1.165) is 37.4 Å². The molecule has 1 saturated heterocycles. The maximum Gasteiger partial charge on any atom is 0.152 e. The molecule has 4 unspecified atom stereocenters. The number of likely N-dealkylation sites (tertiary alicyclic amines) is 1. The lowest BCUT2D eigenvalue weighted by molar-refractivity contribution is -0.160. The van der Waals surface area contributed by atoms with Gasteiger partial charge in [-0.15, -0.1) is 4.91 Å². The number of hydrogen-bond donors (Lipinski definition) is 2. The molecule has 1 aromatic carbocycles. The number of aliphatic hydroxyl groups excluding tert-OH is 1. The monoisotopic (exact) mass is 386 g/mol. The van der Waals surface area contributed by atoms with E-state index >= 15 is 0 Å². The first-order valence-electron chi connectivity index (χ1n) is 10.8. The van der Waals surface area contributed by atoms with E-state index in [4.69, 9.17) is 4.74 Å². The van der Waals surface area contributed by atoms with Crippen molar-refractivity contribution in [2.45, 2.75) is 75.0 Å². The smallest absolute Gasteiger partial charge is 0.152 e. The van der Waals surface area contributed by atoms with E-state index in [-0.39, 0.29) is 6.04 Å². The second-order valence-electron chi connectivity index (χ2n) is 9.48. The molecule has 4 aliphatic rings. The highest BCUT2D eigenvalue weighted by molar-refractivity contribution is 5.66. The topological polar surface area (TPSA) is 82.4 Å². The number of nitrogens with zero attached hydrogens (tertiary/aromatic N) is 2. The highest BCUT2D eigenvalue weighted by Gasteiger charge is 2.66. The van der Waals surface area contributed by atoms with Gasteiger partial charge >= 0.3 is 0 Å². The first kappa shape index (κ1) is 18.5. The van der Waals surface area contributed by atoms with Crippen LogP contribution >= 0.6 is 0 Å². The highest BCUT2D eigenvalue weighted by atomic mass is 16.5. The minimum atomic E-state index is -0.967. The number of rotatable bonds is 6. The molecule has 2 aliphatic carbocycles. The molecule has 1 saturated carbocycles. The number of hydrogen-bond acceptors (Lipinski definition) is 6. The van der Waals surface area contributed by atoms with Crippen LogP contribution in [0.4, 0.5) is 5.69 Å². The number of nitroso groups, excluding NO2 is 1. The van der Waals surface area contributed by atoms with Gasteiger partial charge in [0.15, 0.2) is 5.75 Å². The zero-order valence-corrected chi connectivity index (χ0v) is 16.6. The number of benzene rings is 1. The second-order valence-corrected chi connectivity index (χ2v) is 9.48. The quantitative estimate of drug-likeness (QED) is 0.735. The van der Waals surface area contributed by atoms with Gasteiger partial charge in [-0.3, -0.25) is 4.90 Å². The standard InChI is InChI=1S/C22H30N2O4/c1-14(25)7-8-22(26)18-11-16-5-6-17(23-27)20-19(16)21(22,13-28-20)9-10-24(18)12-15-3-2-4-15/h5-6,14-15,18,25-26H,2-4,7-13H2,1H3. The molecule has 28 heavy (non-hydrogen) atoms. The van der Waals surface area contributed by atoms with Crippen molar-refractivity contribution < 1.29 is 14.9 Å². The summed E-state index contributed by atoms with van der Waals surface area (Å²) in [6, 6.07) is 3.79. The van der Waals surface area contributed by atoms with Gasteiger partial charge in [-0.2, -0.15) is 0 Å². The minimum absolute atomic E-state index is 0.0256. The van der Waals surface area contributed by atoms with Gasteiger partial charge in [0.1, 0.15) is 12.3 Å². The van der Waals surface area contributed by atoms with Crippen molar-refractivity contribution in [1.29, 1.82) is 0 Å². The van der Waals surface area contributed by atoms with Crippen LogP contribution in [-0.2, 0) is 11.8 Å². The molecule has 6 nitrogen and oxygen atoms in total. The number of ether oxygens (including phenoxy) is 1. The van der Waals surface area contributed by atoms with Crippen LogP contribution < -0.4 is 4.74 Å². The Hall–Kier alpha value is -1.50. The SMILES string of the molecule is CC(O)CCC1(O)C2Cc3ccc(N=O)c4c3C1(CCN2CC1CCC1)CO4. The lowest BCUT2D eigenvalue weighted by Gasteiger charge is -2.60. The fourth-order valence-electron chi connectivity index (χ4n) is 6.23. The molecule has 2 heterocycles. The Morgan fingerprint density at radius 3 is 2.89 bits per heavy atom. The van der Waals surface area contributed by atoms with Crippen LogP contribution in [0.2, 0.25) is 0 Å². The Balaban J connectivity index is 1.59. The summed E-state index contributed by atoms with van der Waals surface area (Å²) < 4.78 is 6.04. The average molecular weight is 386 g/mol. The minimum Gasteiger partial charge on any atom is -0.490 e. The van der Waals surface area contributed by atoms with Crippen molar-refractivity contribution in [2.24, 2.45) is 11.1 Å². The van der Waals surface area contributed by atoms with Crippen LogP contribution in [0.3, 0.4) is 0 Å². The van der Waals surface area contributed by atoms with Crippen LogP contribution in [0.1, 0.15) is 56.6 Å². The number of aliphatic hydroxyl groups is 2. The summed E-state index contributed by atoms with van der Waals surface area (Å²) in [6.45, 7) is 4.17. The largest absolute Gasteiger partial charge is 0.490 e. The van der Waals surface area contributed by atoms with Gasteiger partial charge in [0, 0.05) is 18.2 Å². The van der Waals surface area contributed by atoms with Gasteiger partial charge in [0.25, 0.3) is 0 Å². The number of fused-ring (bicyclic) bond motifs is 1. The number of piperidine rings is 1. The van der Waals surface area contributed by atoms with E-state index in [2.05, 4.69) is 10.1 Å². The Morgan fingerprint density at radius 2 is 2.21 bits per heavy atom. The summed E-state index contributed by atoms with van der Waals surface area (Å²) in [5.41, 5.74) is 1.06. The molecule has 2 N–H and O–H groups in total. The van der Waals surface area contributed by atoms with E-state index in [0.29, 0.717) is 30.9 Å². The summed E-state index contributed by atoms with van der Waals surface area (Å²) >= 11 is 0. The van der Waals surface area contributed by atoms with Gasteiger partial charge in [0.05, 0.1) is 17.1 Å². The van der Waals surface area contributed by atoms with Gasteiger partial charge in [0.2, 0.25) is 0 Å². The second kappa shape index (κ2) is 6.51. The Bertz CT molecular complexity index is 793. The molecular formula is C22H30N2O4. The average Bonchev–Trinajstić information content (AvgIpc) is 3.02. The van der Waals surface area contributed by atoms with Crippen LogP contribution in [-0.4, -0.2) is 52.6 Å². The van der Waals surface area contributed by atoms with Crippen molar-refractivity contribution in [2.75, 3.05) is 19.7 Å². The molecule has 0 radical (unpaired) electrons. The lowest BCUT2D eigenvalue weighted by Crippen LogP contribution is -2.72. The predicted octanol–water partition coefficient (Wildman–Crippen LogP) is 3.04. The van der Waals surface area contributed by atoms with Crippen LogP contribution in [0.5, 0.6) is 5.75 Å².